The molecule has 0 spiro atoms. The molecule has 1 aromatic heterocycles. The molecule has 0 aromatic carbocycles. The van der Waals surface area contributed by atoms with Crippen LogP contribution in [-0.2, 0) is 11.2 Å². The maximum absolute atomic E-state index is 11.8. The van der Waals surface area contributed by atoms with Crippen molar-refractivity contribution in [3.63, 3.8) is 0 Å². The second-order valence-corrected chi connectivity index (χ2v) is 6.23. The lowest BCUT2D eigenvalue weighted by Crippen LogP contribution is -2.35. The van der Waals surface area contributed by atoms with Crippen LogP contribution in [0.4, 0.5) is 0 Å². The van der Waals surface area contributed by atoms with Gasteiger partial charge in [-0.2, -0.15) is 0 Å². The number of amides is 1. The molecule has 0 saturated carbocycles. The van der Waals surface area contributed by atoms with Gasteiger partial charge in [-0.15, -0.1) is 11.3 Å². The molecule has 2 atom stereocenters. The van der Waals surface area contributed by atoms with Crippen LogP contribution in [0, 0.1) is 0 Å². The Morgan fingerprint density at radius 1 is 1.75 bits per heavy atom. The highest BCUT2D eigenvalue weighted by molar-refractivity contribution is 9.10. The molecule has 0 aliphatic heterocycles. The zero-order chi connectivity index (χ0) is 11.5. The average molecular weight is 302 g/mol. The molecule has 0 bridgehead atoms. The Morgan fingerprint density at radius 3 is 3.31 bits per heavy atom. The normalized spacial score (nSPS) is 21.2. The lowest BCUT2D eigenvalue weighted by molar-refractivity contribution is -0.121. The molecule has 88 valence electrons. The van der Waals surface area contributed by atoms with Gasteiger partial charge in [-0.05, 0) is 42.7 Å². The fraction of sp³-hybridized carbons (Fsp3) is 0.583. The Labute approximate surface area is 109 Å². The number of nitrogens with one attached hydrogen (secondary N) is 1. The number of hydrogen-bond acceptors (Lipinski definition) is 2. The van der Waals surface area contributed by atoms with E-state index < -0.39 is 0 Å². The molecule has 1 aliphatic rings. The third kappa shape index (κ3) is 2.48. The summed E-state index contributed by atoms with van der Waals surface area (Å²) >= 11 is 5.20. The first-order valence-corrected chi connectivity index (χ1v) is 7.52. The number of fused-ring (bicyclic) bond motifs is 1. The van der Waals surface area contributed by atoms with E-state index in [9.17, 15) is 4.79 Å². The first-order chi connectivity index (χ1) is 7.72. The zero-order valence-electron chi connectivity index (χ0n) is 9.33. The summed E-state index contributed by atoms with van der Waals surface area (Å²) in [7, 11) is 0. The molecule has 0 radical (unpaired) electrons. The summed E-state index contributed by atoms with van der Waals surface area (Å²) in [6.45, 7) is 2.01. The lowest BCUT2D eigenvalue weighted by atomic mass is 9.94. The highest BCUT2D eigenvalue weighted by Gasteiger charge is 2.24. The molecular formula is C12H16BrNOS. The number of halogens is 1. The van der Waals surface area contributed by atoms with Crippen molar-refractivity contribution in [2.45, 2.75) is 43.5 Å². The smallest absolute Gasteiger partial charge is 0.234 e. The van der Waals surface area contributed by atoms with Crippen molar-refractivity contribution in [1.29, 1.82) is 0 Å². The van der Waals surface area contributed by atoms with Gasteiger partial charge in [0.05, 0.1) is 10.9 Å². The molecule has 16 heavy (non-hydrogen) atoms. The Bertz CT molecular complexity index is 377. The molecule has 2 unspecified atom stereocenters. The topological polar surface area (TPSA) is 29.1 Å². The molecule has 2 rings (SSSR count). The molecule has 2 nitrogen and oxygen atoms in total. The Hall–Kier alpha value is -0.350. The standard InChI is InChI=1S/C12H16BrNOS/c1-2-9(13)12(15)14-10-4-3-5-11-8(10)6-7-16-11/h6-7,9-10H,2-5H2,1H3,(H,14,15). The molecule has 1 N–H and O–H groups in total. The number of hydrogen-bond donors (Lipinski definition) is 1. The maximum atomic E-state index is 11.8. The largest absolute Gasteiger partial charge is 0.348 e. The van der Waals surface area contributed by atoms with Crippen molar-refractivity contribution in [1.82, 2.24) is 5.32 Å². The quantitative estimate of drug-likeness (QED) is 0.852. The van der Waals surface area contributed by atoms with Crippen molar-refractivity contribution >= 4 is 33.2 Å². The van der Waals surface area contributed by atoms with E-state index in [0.29, 0.717) is 0 Å². The molecule has 1 heterocycles. The first-order valence-electron chi connectivity index (χ1n) is 5.73. The van der Waals surface area contributed by atoms with E-state index in [1.807, 2.05) is 18.3 Å². The third-order valence-corrected chi connectivity index (χ3v) is 5.07. The summed E-state index contributed by atoms with van der Waals surface area (Å²) in [6, 6.07) is 2.38. The van der Waals surface area contributed by atoms with Gasteiger partial charge in [0.15, 0.2) is 0 Å². The SMILES string of the molecule is CCC(Br)C(=O)NC1CCCc2sccc21. The average Bonchev–Trinajstić information content (AvgIpc) is 2.77. The van der Waals surface area contributed by atoms with Crippen molar-refractivity contribution in [2.75, 3.05) is 0 Å². The van der Waals surface area contributed by atoms with Crippen LogP contribution in [0.15, 0.2) is 11.4 Å². The van der Waals surface area contributed by atoms with Gasteiger partial charge >= 0.3 is 0 Å². The number of rotatable bonds is 3. The number of carbonyl (C=O) groups is 1. The maximum Gasteiger partial charge on any atom is 0.234 e. The summed E-state index contributed by atoms with van der Waals surface area (Å²) < 4.78 is 0. The first kappa shape index (κ1) is 12.1. The molecule has 1 aliphatic carbocycles. The number of thiophene rings is 1. The van der Waals surface area contributed by atoms with Gasteiger partial charge in [0.2, 0.25) is 5.91 Å². The van der Waals surface area contributed by atoms with Gasteiger partial charge in [0.1, 0.15) is 0 Å². The van der Waals surface area contributed by atoms with Crippen molar-refractivity contribution < 1.29 is 4.79 Å². The van der Waals surface area contributed by atoms with Crippen molar-refractivity contribution in [3.8, 4) is 0 Å². The summed E-state index contributed by atoms with van der Waals surface area (Å²) in [5, 5.41) is 5.26. The van der Waals surface area contributed by atoms with Gasteiger partial charge < -0.3 is 5.32 Å². The number of aryl methyl sites for hydroxylation is 1. The van der Waals surface area contributed by atoms with E-state index in [-0.39, 0.29) is 16.8 Å². The highest BCUT2D eigenvalue weighted by Crippen LogP contribution is 2.33. The van der Waals surface area contributed by atoms with Crippen LogP contribution in [0.1, 0.15) is 42.7 Å². The van der Waals surface area contributed by atoms with Gasteiger partial charge in [-0.25, -0.2) is 0 Å². The minimum atomic E-state index is -0.0588. The second kappa shape index (κ2) is 5.32. The van der Waals surface area contributed by atoms with Crippen LogP contribution >= 0.6 is 27.3 Å². The molecule has 0 fully saturated rings. The van der Waals surface area contributed by atoms with Crippen LogP contribution in [0.3, 0.4) is 0 Å². The van der Waals surface area contributed by atoms with Crippen LogP contribution < -0.4 is 5.32 Å². The van der Waals surface area contributed by atoms with E-state index in [1.165, 1.54) is 23.3 Å². The zero-order valence-corrected chi connectivity index (χ0v) is 11.7. The molecule has 4 heteroatoms. The van der Waals surface area contributed by atoms with Crippen LogP contribution in [0.25, 0.3) is 0 Å². The van der Waals surface area contributed by atoms with Crippen LogP contribution in [0.5, 0.6) is 0 Å². The Balaban J connectivity index is 2.05. The van der Waals surface area contributed by atoms with E-state index in [1.54, 1.807) is 0 Å². The third-order valence-electron chi connectivity index (χ3n) is 3.01. The summed E-state index contributed by atoms with van der Waals surface area (Å²) in [5.74, 6) is 0.117. The summed E-state index contributed by atoms with van der Waals surface area (Å²) in [6.07, 6.45) is 4.25. The predicted molar refractivity (Wildman–Crippen MR) is 71.1 cm³/mol. The lowest BCUT2D eigenvalue weighted by Gasteiger charge is -2.24. The molecular weight excluding hydrogens is 286 g/mol. The highest BCUT2D eigenvalue weighted by atomic mass is 79.9. The minimum absolute atomic E-state index is 0.0588. The van der Waals surface area contributed by atoms with Gasteiger partial charge in [0, 0.05) is 4.88 Å². The van der Waals surface area contributed by atoms with Gasteiger partial charge in [-0.3, -0.25) is 4.79 Å². The van der Waals surface area contributed by atoms with Crippen molar-refractivity contribution in [2.24, 2.45) is 0 Å². The van der Waals surface area contributed by atoms with Crippen molar-refractivity contribution in [3.05, 3.63) is 21.9 Å². The van der Waals surface area contributed by atoms with Gasteiger partial charge in [0.25, 0.3) is 0 Å². The van der Waals surface area contributed by atoms with Crippen LogP contribution in [-0.4, -0.2) is 10.7 Å². The monoisotopic (exact) mass is 301 g/mol. The predicted octanol–water partition coefficient (Wildman–Crippen LogP) is 3.42. The van der Waals surface area contributed by atoms with Crippen LogP contribution in [0.2, 0.25) is 0 Å². The Kier molecular flexibility index (Phi) is 4.03. The molecule has 0 saturated heterocycles. The van der Waals surface area contributed by atoms with Gasteiger partial charge in [-0.1, -0.05) is 22.9 Å². The second-order valence-electron chi connectivity index (χ2n) is 4.13. The van der Waals surface area contributed by atoms with E-state index in [2.05, 4.69) is 32.7 Å². The van der Waals surface area contributed by atoms with E-state index in [0.717, 1.165) is 12.8 Å². The molecule has 1 amide bonds. The van der Waals surface area contributed by atoms with E-state index in [4.69, 9.17) is 0 Å². The Morgan fingerprint density at radius 2 is 2.56 bits per heavy atom. The fourth-order valence-electron chi connectivity index (χ4n) is 2.08. The van der Waals surface area contributed by atoms with E-state index >= 15 is 0 Å². The number of carbonyl (C=O) groups excluding carboxylic acids is 1. The number of alkyl halides is 1. The summed E-state index contributed by atoms with van der Waals surface area (Å²) in [5.41, 5.74) is 1.33. The minimum Gasteiger partial charge on any atom is -0.348 e. The summed E-state index contributed by atoms with van der Waals surface area (Å²) in [4.78, 5) is 13.2. The fourth-order valence-corrected chi connectivity index (χ4v) is 3.20. The molecule has 1 aromatic rings.